The summed E-state index contributed by atoms with van der Waals surface area (Å²) in [7, 11) is 0. The predicted molar refractivity (Wildman–Crippen MR) is 103 cm³/mol. The molecule has 3 heterocycles. The van der Waals surface area contributed by atoms with Crippen LogP contribution in [0.1, 0.15) is 28.9 Å². The maximum absolute atomic E-state index is 6.52. The van der Waals surface area contributed by atoms with E-state index < -0.39 is 0 Å². The summed E-state index contributed by atoms with van der Waals surface area (Å²) in [5.74, 6) is 1.57. The molecule has 0 unspecified atom stereocenters. The molecule has 0 N–H and O–H groups in total. The lowest BCUT2D eigenvalue weighted by molar-refractivity contribution is -0.0923. The molecule has 28 heavy (non-hydrogen) atoms. The van der Waals surface area contributed by atoms with Crippen molar-refractivity contribution in [1.29, 1.82) is 0 Å². The van der Waals surface area contributed by atoms with E-state index in [0.29, 0.717) is 0 Å². The van der Waals surface area contributed by atoms with Crippen LogP contribution in [0.2, 0.25) is 0 Å². The Hall–Kier alpha value is -2.96. The lowest BCUT2D eigenvalue weighted by atomic mass is 10.0. The fraction of sp³-hybridized carbons (Fsp3) is 0.273. The van der Waals surface area contributed by atoms with Crippen molar-refractivity contribution >= 4 is 0 Å². The number of rotatable bonds is 4. The number of fused-ring (bicyclic) bond motifs is 1. The number of hydrogen-bond acceptors (Lipinski definition) is 6. The first-order valence-corrected chi connectivity index (χ1v) is 9.41. The molecule has 6 heteroatoms. The van der Waals surface area contributed by atoms with Gasteiger partial charge in [-0.05, 0) is 23.3 Å². The van der Waals surface area contributed by atoms with E-state index in [4.69, 9.17) is 14.2 Å². The van der Waals surface area contributed by atoms with Crippen molar-refractivity contribution in [2.24, 2.45) is 0 Å². The maximum Gasteiger partial charge on any atom is 0.231 e. The number of morpholine rings is 1. The predicted octanol–water partition coefficient (Wildman–Crippen LogP) is 3.52. The van der Waals surface area contributed by atoms with E-state index in [-0.39, 0.29) is 19.0 Å². The number of nitrogens with zero attached hydrogens (tertiary/aromatic N) is 3. The van der Waals surface area contributed by atoms with Gasteiger partial charge in [0.15, 0.2) is 11.5 Å². The van der Waals surface area contributed by atoms with E-state index in [0.717, 1.165) is 42.3 Å². The number of hydrogen-bond donors (Lipinski definition) is 0. The average Bonchev–Trinajstić information content (AvgIpc) is 3.23. The zero-order valence-corrected chi connectivity index (χ0v) is 15.4. The summed E-state index contributed by atoms with van der Waals surface area (Å²) in [6, 6.07) is 16.4. The smallest absolute Gasteiger partial charge is 0.231 e. The van der Waals surface area contributed by atoms with Gasteiger partial charge in [-0.2, -0.15) is 0 Å². The first-order chi connectivity index (χ1) is 13.8. The third-order valence-electron chi connectivity index (χ3n) is 5.14. The highest BCUT2D eigenvalue weighted by Crippen LogP contribution is 2.38. The van der Waals surface area contributed by atoms with Gasteiger partial charge in [0, 0.05) is 37.6 Å². The van der Waals surface area contributed by atoms with Gasteiger partial charge in [-0.15, -0.1) is 0 Å². The summed E-state index contributed by atoms with van der Waals surface area (Å²) >= 11 is 0. The molecule has 0 spiro atoms. The zero-order chi connectivity index (χ0) is 18.8. The van der Waals surface area contributed by atoms with Gasteiger partial charge in [0.2, 0.25) is 6.79 Å². The molecule has 0 bridgehead atoms. The molecule has 142 valence electrons. The van der Waals surface area contributed by atoms with Gasteiger partial charge in [0.25, 0.3) is 0 Å². The lowest BCUT2D eigenvalue weighted by Crippen LogP contribution is -2.39. The quantitative estimate of drug-likeness (QED) is 0.695. The maximum atomic E-state index is 6.52. The molecule has 0 radical (unpaired) electrons. The molecule has 1 saturated heterocycles. The Morgan fingerprint density at radius 1 is 0.857 bits per heavy atom. The average molecular weight is 375 g/mol. The largest absolute Gasteiger partial charge is 0.454 e. The molecule has 5 rings (SSSR count). The Balaban J connectivity index is 1.42. The minimum atomic E-state index is -0.0573. The summed E-state index contributed by atoms with van der Waals surface area (Å²) in [5.41, 5.74) is 3.38. The highest BCUT2D eigenvalue weighted by atomic mass is 16.7. The number of ether oxygens (including phenoxy) is 3. The minimum absolute atomic E-state index is 0.00463. The molecule has 0 aliphatic carbocycles. The Bertz CT molecular complexity index is 936. The molecule has 2 atom stereocenters. The van der Waals surface area contributed by atoms with Crippen LogP contribution in [0.3, 0.4) is 0 Å². The van der Waals surface area contributed by atoms with Crippen LogP contribution in [0.15, 0.2) is 67.3 Å². The van der Waals surface area contributed by atoms with Gasteiger partial charge in [0.1, 0.15) is 6.33 Å². The van der Waals surface area contributed by atoms with Gasteiger partial charge in [-0.1, -0.05) is 36.4 Å². The third-order valence-corrected chi connectivity index (χ3v) is 5.14. The molecule has 1 aromatic heterocycles. The van der Waals surface area contributed by atoms with E-state index >= 15 is 0 Å². The van der Waals surface area contributed by atoms with Crippen LogP contribution < -0.4 is 9.47 Å². The van der Waals surface area contributed by atoms with Crippen LogP contribution >= 0.6 is 0 Å². The fourth-order valence-electron chi connectivity index (χ4n) is 3.78. The van der Waals surface area contributed by atoms with Gasteiger partial charge in [-0.3, -0.25) is 4.90 Å². The monoisotopic (exact) mass is 375 g/mol. The number of aromatic nitrogens is 2. The number of benzene rings is 2. The Morgan fingerprint density at radius 2 is 1.61 bits per heavy atom. The van der Waals surface area contributed by atoms with Crippen molar-refractivity contribution in [2.45, 2.75) is 18.8 Å². The highest BCUT2D eigenvalue weighted by molar-refractivity contribution is 5.45. The summed E-state index contributed by atoms with van der Waals surface area (Å²) in [6.07, 6.45) is 5.24. The summed E-state index contributed by atoms with van der Waals surface area (Å²) in [6.45, 7) is 2.67. The van der Waals surface area contributed by atoms with Crippen molar-refractivity contribution in [2.75, 3.05) is 19.9 Å². The van der Waals surface area contributed by atoms with Crippen LogP contribution in [0, 0.1) is 0 Å². The molecular weight excluding hydrogens is 354 g/mol. The Kier molecular flexibility index (Phi) is 4.64. The molecule has 1 fully saturated rings. The first-order valence-electron chi connectivity index (χ1n) is 9.41. The van der Waals surface area contributed by atoms with Gasteiger partial charge >= 0.3 is 0 Å². The summed E-state index contributed by atoms with van der Waals surface area (Å²) in [4.78, 5) is 10.7. The zero-order valence-electron chi connectivity index (χ0n) is 15.4. The van der Waals surface area contributed by atoms with Crippen LogP contribution in [-0.4, -0.2) is 34.8 Å². The van der Waals surface area contributed by atoms with Gasteiger partial charge < -0.3 is 14.2 Å². The second-order valence-corrected chi connectivity index (χ2v) is 7.08. The molecular formula is C22H21N3O3. The van der Waals surface area contributed by atoms with E-state index in [1.165, 1.54) is 5.56 Å². The van der Waals surface area contributed by atoms with E-state index in [1.54, 1.807) is 6.33 Å². The van der Waals surface area contributed by atoms with Crippen molar-refractivity contribution in [3.05, 3.63) is 83.9 Å². The molecule has 0 amide bonds. The third kappa shape index (κ3) is 3.56. The molecule has 0 saturated carbocycles. The standard InChI is InChI=1S/C22H21N3O3/c1-2-4-17(5-3-1)21-12-25(11-16-9-23-14-24-10-16)13-22(28-21)18-6-7-19-20(8-18)27-15-26-19/h1-10,14,21-22H,11-13,15H2/t21-,22+/m0/s1. The normalized spacial score (nSPS) is 21.6. The Morgan fingerprint density at radius 3 is 2.43 bits per heavy atom. The molecule has 2 aliphatic rings. The van der Waals surface area contributed by atoms with Crippen LogP contribution in [-0.2, 0) is 11.3 Å². The second kappa shape index (κ2) is 7.58. The summed E-state index contributed by atoms with van der Waals surface area (Å²) < 4.78 is 17.5. The van der Waals surface area contributed by atoms with E-state index in [9.17, 15) is 0 Å². The Labute approximate surface area is 163 Å². The van der Waals surface area contributed by atoms with Gasteiger partial charge in [-0.25, -0.2) is 9.97 Å². The van der Waals surface area contributed by atoms with Crippen molar-refractivity contribution in [1.82, 2.24) is 14.9 Å². The molecule has 2 aliphatic heterocycles. The molecule has 3 aromatic rings. The first kappa shape index (κ1) is 17.2. The molecule has 6 nitrogen and oxygen atoms in total. The van der Waals surface area contributed by atoms with Crippen LogP contribution in [0.25, 0.3) is 0 Å². The van der Waals surface area contributed by atoms with Crippen LogP contribution in [0.5, 0.6) is 11.5 Å². The minimum Gasteiger partial charge on any atom is -0.454 e. The SMILES string of the molecule is c1ccc([C@@H]2CN(Cc3cncnc3)C[C@H](c3ccc4c(c3)OCO4)O2)cc1. The van der Waals surface area contributed by atoms with Crippen molar-refractivity contribution in [3.8, 4) is 11.5 Å². The second-order valence-electron chi connectivity index (χ2n) is 7.08. The highest BCUT2D eigenvalue weighted by Gasteiger charge is 2.31. The molecule has 2 aromatic carbocycles. The van der Waals surface area contributed by atoms with Crippen molar-refractivity contribution < 1.29 is 14.2 Å². The van der Waals surface area contributed by atoms with Gasteiger partial charge in [0.05, 0.1) is 12.2 Å². The fourth-order valence-corrected chi connectivity index (χ4v) is 3.78. The lowest BCUT2D eigenvalue weighted by Gasteiger charge is -2.38. The van der Waals surface area contributed by atoms with Crippen LogP contribution in [0.4, 0.5) is 0 Å². The van der Waals surface area contributed by atoms with Crippen molar-refractivity contribution in [3.63, 3.8) is 0 Å². The summed E-state index contributed by atoms with van der Waals surface area (Å²) in [5, 5.41) is 0. The van der Waals surface area contributed by atoms with E-state index in [1.807, 2.05) is 30.6 Å². The van der Waals surface area contributed by atoms with E-state index in [2.05, 4.69) is 45.2 Å². The topological polar surface area (TPSA) is 56.7 Å².